The van der Waals surface area contributed by atoms with Gasteiger partial charge >= 0.3 is 0 Å². The summed E-state index contributed by atoms with van der Waals surface area (Å²) in [5.41, 5.74) is 2.92. The minimum atomic E-state index is 0.416. The van der Waals surface area contributed by atoms with Crippen molar-refractivity contribution in [3.63, 3.8) is 0 Å². The molecule has 1 heteroatoms. The standard InChI is InChI=1S/C15H22O/c1-11-5-4-6-12(10-16)9-14-13(8-7-11)15(14,2)3/h5,9-10,13-14H,4,6-8H2,1-3H3/b11-5+,12-9+/t13-,14+/m1/s1. The summed E-state index contributed by atoms with van der Waals surface area (Å²) in [6.45, 7) is 6.88. The molecule has 16 heavy (non-hydrogen) atoms. The number of allylic oxidation sites excluding steroid dienone is 4. The lowest BCUT2D eigenvalue weighted by Crippen LogP contribution is -1.91. The Hall–Kier alpha value is -0.850. The fourth-order valence-electron chi connectivity index (χ4n) is 3.05. The van der Waals surface area contributed by atoms with Crippen LogP contribution in [0, 0.1) is 17.3 Å². The highest BCUT2D eigenvalue weighted by atomic mass is 16.1. The molecule has 1 fully saturated rings. The molecule has 0 saturated heterocycles. The zero-order valence-electron chi connectivity index (χ0n) is 10.6. The highest BCUT2D eigenvalue weighted by molar-refractivity contribution is 5.73. The lowest BCUT2D eigenvalue weighted by atomic mass is 10.0. The molecule has 0 N–H and O–H groups in total. The number of hydrogen-bond acceptors (Lipinski definition) is 1. The number of aldehydes is 1. The highest BCUT2D eigenvalue weighted by Crippen LogP contribution is 2.61. The summed E-state index contributed by atoms with van der Waals surface area (Å²) in [6, 6.07) is 0. The molecule has 88 valence electrons. The number of carbonyl (C=O) groups excluding carboxylic acids is 1. The second-order valence-electron chi connectivity index (χ2n) is 5.94. The highest BCUT2D eigenvalue weighted by Gasteiger charge is 2.55. The van der Waals surface area contributed by atoms with E-state index in [0.29, 0.717) is 11.3 Å². The Morgan fingerprint density at radius 2 is 2.12 bits per heavy atom. The predicted molar refractivity (Wildman–Crippen MR) is 67.1 cm³/mol. The molecule has 0 unspecified atom stereocenters. The van der Waals surface area contributed by atoms with Crippen molar-refractivity contribution in [1.82, 2.24) is 0 Å². The van der Waals surface area contributed by atoms with E-state index in [4.69, 9.17) is 0 Å². The molecule has 1 nitrogen and oxygen atoms in total. The van der Waals surface area contributed by atoms with Crippen LogP contribution in [-0.4, -0.2) is 6.29 Å². The van der Waals surface area contributed by atoms with Crippen LogP contribution in [0.25, 0.3) is 0 Å². The molecule has 2 rings (SSSR count). The predicted octanol–water partition coefficient (Wildman–Crippen LogP) is 3.90. The van der Waals surface area contributed by atoms with Gasteiger partial charge in [0, 0.05) is 0 Å². The second kappa shape index (κ2) is 4.20. The van der Waals surface area contributed by atoms with Gasteiger partial charge in [0.1, 0.15) is 6.29 Å². The van der Waals surface area contributed by atoms with Crippen LogP contribution in [0.3, 0.4) is 0 Å². The largest absolute Gasteiger partial charge is 0.298 e. The molecular formula is C15H22O. The van der Waals surface area contributed by atoms with Crippen LogP contribution < -0.4 is 0 Å². The van der Waals surface area contributed by atoms with Gasteiger partial charge in [0.25, 0.3) is 0 Å². The van der Waals surface area contributed by atoms with E-state index in [1.165, 1.54) is 18.4 Å². The number of carbonyl (C=O) groups is 1. The first-order valence-electron chi connectivity index (χ1n) is 6.37. The Kier molecular flexibility index (Phi) is 3.05. The Balaban J connectivity index is 2.18. The average molecular weight is 218 g/mol. The van der Waals surface area contributed by atoms with Crippen LogP contribution in [0.1, 0.15) is 46.5 Å². The first-order valence-corrected chi connectivity index (χ1v) is 6.37. The summed E-state index contributed by atoms with van der Waals surface area (Å²) in [4.78, 5) is 11.0. The quantitative estimate of drug-likeness (QED) is 0.482. The molecule has 0 aromatic heterocycles. The third-order valence-electron chi connectivity index (χ3n) is 4.46. The van der Waals surface area contributed by atoms with Gasteiger partial charge in [-0.05, 0) is 55.4 Å². The molecule has 0 aliphatic heterocycles. The monoisotopic (exact) mass is 218 g/mol. The number of rotatable bonds is 1. The van der Waals surface area contributed by atoms with Gasteiger partial charge in [0.2, 0.25) is 0 Å². The van der Waals surface area contributed by atoms with Gasteiger partial charge in [0.15, 0.2) is 0 Å². The van der Waals surface area contributed by atoms with E-state index >= 15 is 0 Å². The summed E-state index contributed by atoms with van der Waals surface area (Å²) < 4.78 is 0. The van der Waals surface area contributed by atoms with Gasteiger partial charge in [-0.2, -0.15) is 0 Å². The smallest absolute Gasteiger partial charge is 0.145 e. The molecule has 2 aliphatic rings. The topological polar surface area (TPSA) is 17.1 Å². The van der Waals surface area contributed by atoms with Crippen LogP contribution in [0.4, 0.5) is 0 Å². The van der Waals surface area contributed by atoms with Crippen molar-refractivity contribution < 1.29 is 4.79 Å². The number of hydrogen-bond donors (Lipinski definition) is 0. The summed E-state index contributed by atoms with van der Waals surface area (Å²) in [5, 5.41) is 0. The van der Waals surface area contributed by atoms with Crippen molar-refractivity contribution in [1.29, 1.82) is 0 Å². The number of fused-ring (bicyclic) bond motifs is 1. The lowest BCUT2D eigenvalue weighted by Gasteiger charge is -2.04. The maximum atomic E-state index is 11.0. The molecule has 0 heterocycles. The van der Waals surface area contributed by atoms with Crippen LogP contribution >= 0.6 is 0 Å². The van der Waals surface area contributed by atoms with Crippen molar-refractivity contribution in [2.45, 2.75) is 46.5 Å². The van der Waals surface area contributed by atoms with Crippen LogP contribution in [0.5, 0.6) is 0 Å². The van der Waals surface area contributed by atoms with Crippen molar-refractivity contribution in [2.75, 3.05) is 0 Å². The maximum Gasteiger partial charge on any atom is 0.145 e. The minimum absolute atomic E-state index is 0.416. The Labute approximate surface area is 98.6 Å². The van der Waals surface area contributed by atoms with E-state index in [1.54, 1.807) is 0 Å². The molecule has 0 radical (unpaired) electrons. The Morgan fingerprint density at radius 3 is 2.81 bits per heavy atom. The fourth-order valence-corrected chi connectivity index (χ4v) is 3.05. The zero-order valence-corrected chi connectivity index (χ0v) is 10.6. The Bertz CT molecular complexity index is 346. The Morgan fingerprint density at radius 1 is 1.38 bits per heavy atom. The lowest BCUT2D eigenvalue weighted by molar-refractivity contribution is -0.105. The normalized spacial score (nSPS) is 39.7. The molecule has 0 amide bonds. The van der Waals surface area contributed by atoms with Crippen molar-refractivity contribution >= 4 is 6.29 Å². The van der Waals surface area contributed by atoms with Crippen LogP contribution in [-0.2, 0) is 4.79 Å². The van der Waals surface area contributed by atoms with Gasteiger partial charge in [-0.15, -0.1) is 0 Å². The average Bonchev–Trinajstić information content (AvgIpc) is 2.76. The second-order valence-corrected chi connectivity index (χ2v) is 5.94. The molecule has 0 aromatic carbocycles. The van der Waals surface area contributed by atoms with Gasteiger partial charge in [0.05, 0.1) is 0 Å². The summed E-state index contributed by atoms with van der Waals surface area (Å²) >= 11 is 0. The van der Waals surface area contributed by atoms with E-state index in [9.17, 15) is 4.79 Å². The molecular weight excluding hydrogens is 196 g/mol. The molecule has 1 saturated carbocycles. The zero-order chi connectivity index (χ0) is 11.8. The van der Waals surface area contributed by atoms with E-state index in [0.717, 1.165) is 30.6 Å². The SMILES string of the molecule is C/C1=C\CC/C(C=O)=C\[C@H]2[C@@H](CC1)C2(C)C. The molecule has 2 atom stereocenters. The van der Waals surface area contributed by atoms with E-state index in [1.807, 2.05) is 0 Å². The van der Waals surface area contributed by atoms with Gasteiger partial charge in [-0.3, -0.25) is 4.79 Å². The third-order valence-corrected chi connectivity index (χ3v) is 4.46. The van der Waals surface area contributed by atoms with E-state index in [2.05, 4.69) is 32.9 Å². The van der Waals surface area contributed by atoms with E-state index < -0.39 is 0 Å². The van der Waals surface area contributed by atoms with Crippen LogP contribution in [0.2, 0.25) is 0 Å². The van der Waals surface area contributed by atoms with Crippen molar-refractivity contribution in [3.8, 4) is 0 Å². The molecule has 2 aliphatic carbocycles. The molecule has 0 aromatic rings. The third kappa shape index (κ3) is 2.14. The van der Waals surface area contributed by atoms with Gasteiger partial charge in [-0.25, -0.2) is 0 Å². The van der Waals surface area contributed by atoms with Crippen molar-refractivity contribution in [2.24, 2.45) is 17.3 Å². The summed E-state index contributed by atoms with van der Waals surface area (Å²) in [7, 11) is 0. The van der Waals surface area contributed by atoms with E-state index in [-0.39, 0.29) is 0 Å². The van der Waals surface area contributed by atoms with Crippen LogP contribution in [0.15, 0.2) is 23.3 Å². The first-order chi connectivity index (χ1) is 7.55. The minimum Gasteiger partial charge on any atom is -0.298 e. The summed E-state index contributed by atoms with van der Waals surface area (Å²) in [6.07, 6.45) is 10.0. The fraction of sp³-hybridized carbons (Fsp3) is 0.667. The first kappa shape index (κ1) is 11.6. The van der Waals surface area contributed by atoms with Crippen molar-refractivity contribution in [3.05, 3.63) is 23.3 Å². The maximum absolute atomic E-state index is 11.0. The molecule has 0 bridgehead atoms. The summed E-state index contributed by atoms with van der Waals surface area (Å²) in [5.74, 6) is 1.42. The van der Waals surface area contributed by atoms with Gasteiger partial charge in [-0.1, -0.05) is 31.6 Å². The molecule has 0 spiro atoms. The van der Waals surface area contributed by atoms with Gasteiger partial charge < -0.3 is 0 Å².